The van der Waals surface area contributed by atoms with Gasteiger partial charge >= 0.3 is 0 Å². The van der Waals surface area contributed by atoms with E-state index in [9.17, 15) is 4.79 Å². The molecular formula is C19H20N2O2. The van der Waals surface area contributed by atoms with Gasteiger partial charge in [0.1, 0.15) is 5.75 Å². The summed E-state index contributed by atoms with van der Waals surface area (Å²) in [7, 11) is 0. The van der Waals surface area contributed by atoms with Gasteiger partial charge in [0, 0.05) is 18.7 Å². The standard InChI is InChI=1S/C19H20N2O2/c1-13(2)12-21-16-8-3-4-9-17(16)23-18(19(21)22)11-14-6-5-7-15(20)10-14/h3-10,18H,1,11-12,20H2,2H3. The highest BCUT2D eigenvalue weighted by atomic mass is 16.5. The molecule has 3 rings (SSSR count). The molecule has 0 fully saturated rings. The van der Waals surface area contributed by atoms with Gasteiger partial charge in [-0.25, -0.2) is 0 Å². The molecule has 23 heavy (non-hydrogen) atoms. The SMILES string of the molecule is C=C(C)CN1C(=O)C(Cc2cccc(N)c2)Oc2ccccc21. The average Bonchev–Trinajstić information content (AvgIpc) is 2.51. The van der Waals surface area contributed by atoms with Crippen LogP contribution in [-0.2, 0) is 11.2 Å². The third-order valence-corrected chi connectivity index (χ3v) is 3.77. The second-order valence-corrected chi connectivity index (χ2v) is 5.90. The van der Waals surface area contributed by atoms with Crippen molar-refractivity contribution < 1.29 is 9.53 Å². The number of carbonyl (C=O) groups is 1. The van der Waals surface area contributed by atoms with E-state index >= 15 is 0 Å². The molecule has 0 radical (unpaired) electrons. The number of hydrogen-bond donors (Lipinski definition) is 1. The number of carbonyl (C=O) groups excluding carboxylic acids is 1. The molecule has 4 heteroatoms. The lowest BCUT2D eigenvalue weighted by molar-refractivity contribution is -0.126. The number of rotatable bonds is 4. The zero-order valence-electron chi connectivity index (χ0n) is 13.2. The first kappa shape index (κ1) is 15.2. The molecule has 2 N–H and O–H groups in total. The third-order valence-electron chi connectivity index (χ3n) is 3.77. The number of nitrogens with zero attached hydrogens (tertiary/aromatic N) is 1. The predicted octanol–water partition coefficient (Wildman–Crippen LogP) is 3.18. The summed E-state index contributed by atoms with van der Waals surface area (Å²) >= 11 is 0. The summed E-state index contributed by atoms with van der Waals surface area (Å²) in [5.41, 5.74) is 9.21. The number of benzene rings is 2. The van der Waals surface area contributed by atoms with Crippen LogP contribution in [0.15, 0.2) is 60.7 Å². The van der Waals surface area contributed by atoms with Gasteiger partial charge in [-0.3, -0.25) is 4.79 Å². The lowest BCUT2D eigenvalue weighted by Gasteiger charge is -2.34. The molecule has 0 bridgehead atoms. The summed E-state index contributed by atoms with van der Waals surface area (Å²) in [6.07, 6.45) is -0.0590. The van der Waals surface area contributed by atoms with Crippen LogP contribution in [0.2, 0.25) is 0 Å². The molecule has 2 aromatic carbocycles. The molecule has 118 valence electrons. The van der Waals surface area contributed by atoms with Gasteiger partial charge in [-0.15, -0.1) is 0 Å². The van der Waals surface area contributed by atoms with Crippen LogP contribution in [0.3, 0.4) is 0 Å². The molecule has 0 saturated carbocycles. The lowest BCUT2D eigenvalue weighted by Crippen LogP contribution is -2.47. The first-order valence-electron chi connectivity index (χ1n) is 7.60. The number of nitrogen functional groups attached to an aromatic ring is 1. The maximum Gasteiger partial charge on any atom is 0.268 e. The smallest absolute Gasteiger partial charge is 0.268 e. The molecule has 0 aliphatic carbocycles. The highest BCUT2D eigenvalue weighted by molar-refractivity contribution is 6.00. The average molecular weight is 308 g/mol. The predicted molar refractivity (Wildman–Crippen MR) is 92.6 cm³/mol. The molecular weight excluding hydrogens is 288 g/mol. The molecule has 1 amide bonds. The summed E-state index contributed by atoms with van der Waals surface area (Å²) in [5, 5.41) is 0. The number of amides is 1. The van der Waals surface area contributed by atoms with Crippen molar-refractivity contribution in [3.63, 3.8) is 0 Å². The second kappa shape index (κ2) is 6.16. The van der Waals surface area contributed by atoms with Gasteiger partial charge in [0.15, 0.2) is 6.10 Å². The number of hydrogen-bond acceptors (Lipinski definition) is 3. The molecule has 0 aromatic heterocycles. The van der Waals surface area contributed by atoms with Gasteiger partial charge in [-0.1, -0.05) is 36.4 Å². The zero-order valence-corrected chi connectivity index (χ0v) is 13.2. The summed E-state index contributed by atoms with van der Waals surface area (Å²) in [4.78, 5) is 14.6. The van der Waals surface area contributed by atoms with E-state index in [2.05, 4.69) is 6.58 Å². The summed E-state index contributed by atoms with van der Waals surface area (Å²) in [6, 6.07) is 15.1. The van der Waals surface area contributed by atoms with Crippen LogP contribution >= 0.6 is 0 Å². The number of nitrogens with two attached hydrogens (primary N) is 1. The fourth-order valence-corrected chi connectivity index (χ4v) is 2.77. The Bertz CT molecular complexity index is 755. The van der Waals surface area contributed by atoms with Crippen molar-refractivity contribution in [2.24, 2.45) is 0 Å². The van der Waals surface area contributed by atoms with Crippen molar-refractivity contribution in [3.8, 4) is 5.75 Å². The minimum atomic E-state index is -0.550. The van der Waals surface area contributed by atoms with Gasteiger partial charge in [0.25, 0.3) is 5.91 Å². The van der Waals surface area contributed by atoms with Crippen LogP contribution in [0, 0.1) is 0 Å². The molecule has 1 aliphatic rings. The minimum absolute atomic E-state index is 0.0471. The van der Waals surface area contributed by atoms with Crippen molar-refractivity contribution in [3.05, 3.63) is 66.2 Å². The van der Waals surface area contributed by atoms with Crippen LogP contribution < -0.4 is 15.4 Å². The van der Waals surface area contributed by atoms with E-state index in [1.54, 1.807) is 4.90 Å². The normalized spacial score (nSPS) is 16.7. The summed E-state index contributed by atoms with van der Waals surface area (Å²) in [6.45, 7) is 6.33. The van der Waals surface area contributed by atoms with Gasteiger partial charge < -0.3 is 15.4 Å². The van der Waals surface area contributed by atoms with Crippen LogP contribution in [-0.4, -0.2) is 18.6 Å². The van der Waals surface area contributed by atoms with Crippen LogP contribution in [0.25, 0.3) is 0 Å². The van der Waals surface area contributed by atoms with Crippen LogP contribution in [0.5, 0.6) is 5.75 Å². The van der Waals surface area contributed by atoms with E-state index in [1.165, 1.54) is 0 Å². The molecule has 1 atom stereocenters. The van der Waals surface area contributed by atoms with Gasteiger partial charge in [-0.2, -0.15) is 0 Å². The Morgan fingerprint density at radius 3 is 2.78 bits per heavy atom. The Hall–Kier alpha value is -2.75. The van der Waals surface area contributed by atoms with Gasteiger partial charge in [-0.05, 0) is 36.8 Å². The monoisotopic (exact) mass is 308 g/mol. The minimum Gasteiger partial charge on any atom is -0.478 e. The topological polar surface area (TPSA) is 55.6 Å². The summed E-state index contributed by atoms with van der Waals surface area (Å²) < 4.78 is 5.94. The molecule has 4 nitrogen and oxygen atoms in total. The second-order valence-electron chi connectivity index (χ2n) is 5.90. The van der Waals surface area contributed by atoms with Crippen LogP contribution in [0.4, 0.5) is 11.4 Å². The number of ether oxygens (including phenoxy) is 1. The van der Waals surface area contributed by atoms with E-state index in [1.807, 2.05) is 55.5 Å². The zero-order chi connectivity index (χ0) is 16.4. The third kappa shape index (κ3) is 3.21. The Balaban J connectivity index is 1.91. The highest BCUT2D eigenvalue weighted by Crippen LogP contribution is 2.34. The van der Waals surface area contributed by atoms with Gasteiger partial charge in [0.2, 0.25) is 0 Å². The quantitative estimate of drug-likeness (QED) is 0.697. The van der Waals surface area contributed by atoms with E-state index in [-0.39, 0.29) is 5.91 Å². The molecule has 0 spiro atoms. The lowest BCUT2D eigenvalue weighted by atomic mass is 10.0. The van der Waals surface area contributed by atoms with E-state index < -0.39 is 6.10 Å². The Morgan fingerprint density at radius 1 is 1.26 bits per heavy atom. The van der Waals surface area contributed by atoms with Crippen LogP contribution in [0.1, 0.15) is 12.5 Å². The van der Waals surface area contributed by atoms with Gasteiger partial charge in [0.05, 0.1) is 5.69 Å². The van der Waals surface area contributed by atoms with E-state index in [0.717, 1.165) is 22.6 Å². The van der Waals surface area contributed by atoms with Crippen molar-refractivity contribution in [2.75, 3.05) is 17.2 Å². The first-order valence-corrected chi connectivity index (χ1v) is 7.60. The molecule has 1 aliphatic heterocycles. The summed E-state index contributed by atoms with van der Waals surface area (Å²) in [5.74, 6) is 0.677. The Morgan fingerprint density at radius 2 is 2.04 bits per heavy atom. The largest absolute Gasteiger partial charge is 0.478 e. The molecule has 1 heterocycles. The maximum atomic E-state index is 12.8. The molecule has 1 unspecified atom stereocenters. The number of anilines is 2. The van der Waals surface area contributed by atoms with E-state index in [0.29, 0.717) is 18.7 Å². The highest BCUT2D eigenvalue weighted by Gasteiger charge is 2.34. The molecule has 0 saturated heterocycles. The fourth-order valence-electron chi connectivity index (χ4n) is 2.77. The molecule has 2 aromatic rings. The van der Waals surface area contributed by atoms with Crippen molar-refractivity contribution in [1.82, 2.24) is 0 Å². The first-order chi connectivity index (χ1) is 11.0. The Kier molecular flexibility index (Phi) is 4.06. The maximum absolute atomic E-state index is 12.8. The van der Waals surface area contributed by atoms with Crippen molar-refractivity contribution in [2.45, 2.75) is 19.4 Å². The Labute approximate surface area is 136 Å². The number of para-hydroxylation sites is 2. The van der Waals surface area contributed by atoms with Crippen molar-refractivity contribution in [1.29, 1.82) is 0 Å². The fraction of sp³-hybridized carbons (Fsp3) is 0.211. The number of fused-ring (bicyclic) bond motifs is 1. The van der Waals surface area contributed by atoms with E-state index in [4.69, 9.17) is 10.5 Å². The van der Waals surface area contributed by atoms with Crippen molar-refractivity contribution >= 4 is 17.3 Å².